The van der Waals surface area contributed by atoms with E-state index in [9.17, 15) is 4.79 Å². The van der Waals surface area contributed by atoms with Gasteiger partial charge in [-0.1, -0.05) is 26.0 Å². The van der Waals surface area contributed by atoms with Crippen molar-refractivity contribution >= 4 is 5.97 Å². The van der Waals surface area contributed by atoms with Gasteiger partial charge in [-0.3, -0.25) is 0 Å². The summed E-state index contributed by atoms with van der Waals surface area (Å²) in [4.78, 5) is 11.8. The van der Waals surface area contributed by atoms with Crippen LogP contribution in [0.1, 0.15) is 48.3 Å². The molecule has 0 fully saturated rings. The van der Waals surface area contributed by atoms with E-state index in [2.05, 4.69) is 31.1 Å². The van der Waals surface area contributed by atoms with Gasteiger partial charge in [-0.2, -0.15) is 5.10 Å². The second-order valence-corrected chi connectivity index (χ2v) is 5.02. The molecule has 2 aromatic rings. The summed E-state index contributed by atoms with van der Waals surface area (Å²) in [6, 6.07) is 8.21. The predicted octanol–water partition coefficient (Wildman–Crippen LogP) is 3.48. The number of hydrogen-bond acceptors (Lipinski definition) is 3. The standard InChI is InChI=1S/C16H20N2O2/c1-5-20-16(19)15-10-17-18(12(15)4)14-8-6-13(7-9-14)11(2)3/h6-11H,5H2,1-4H3. The molecule has 4 nitrogen and oxygen atoms in total. The molecular weight excluding hydrogens is 252 g/mol. The van der Waals surface area contributed by atoms with Gasteiger partial charge in [0.15, 0.2) is 0 Å². The Bertz CT molecular complexity index is 597. The second kappa shape index (κ2) is 5.90. The normalized spacial score (nSPS) is 10.8. The van der Waals surface area contributed by atoms with Crippen LogP contribution in [0.2, 0.25) is 0 Å². The molecule has 0 atom stereocenters. The summed E-state index contributed by atoms with van der Waals surface area (Å²) >= 11 is 0. The van der Waals surface area contributed by atoms with Crippen molar-refractivity contribution in [3.05, 3.63) is 47.3 Å². The first-order chi connectivity index (χ1) is 9.54. The van der Waals surface area contributed by atoms with E-state index < -0.39 is 0 Å². The Morgan fingerprint density at radius 3 is 2.50 bits per heavy atom. The second-order valence-electron chi connectivity index (χ2n) is 5.02. The molecular formula is C16H20N2O2. The molecule has 0 aliphatic heterocycles. The van der Waals surface area contributed by atoms with E-state index in [1.807, 2.05) is 19.1 Å². The summed E-state index contributed by atoms with van der Waals surface area (Å²) in [5.41, 5.74) is 3.53. The minimum Gasteiger partial charge on any atom is -0.462 e. The van der Waals surface area contributed by atoms with Crippen molar-refractivity contribution in [2.45, 2.75) is 33.6 Å². The van der Waals surface area contributed by atoms with Crippen LogP contribution in [0.15, 0.2) is 30.5 Å². The fourth-order valence-electron chi connectivity index (χ4n) is 2.08. The van der Waals surface area contributed by atoms with E-state index in [1.165, 1.54) is 5.56 Å². The monoisotopic (exact) mass is 272 g/mol. The number of ether oxygens (including phenoxy) is 1. The Balaban J connectivity index is 2.32. The van der Waals surface area contributed by atoms with Gasteiger partial charge in [0.05, 0.1) is 24.2 Å². The highest BCUT2D eigenvalue weighted by Crippen LogP contribution is 2.19. The van der Waals surface area contributed by atoms with Crippen molar-refractivity contribution in [2.75, 3.05) is 6.61 Å². The van der Waals surface area contributed by atoms with Crippen LogP contribution in [-0.2, 0) is 4.74 Å². The van der Waals surface area contributed by atoms with Gasteiger partial charge in [0, 0.05) is 0 Å². The van der Waals surface area contributed by atoms with Gasteiger partial charge in [0.2, 0.25) is 0 Å². The average Bonchev–Trinajstić information content (AvgIpc) is 2.81. The van der Waals surface area contributed by atoms with Crippen molar-refractivity contribution in [3.8, 4) is 5.69 Å². The van der Waals surface area contributed by atoms with Crippen LogP contribution in [0.5, 0.6) is 0 Å². The quantitative estimate of drug-likeness (QED) is 0.800. The molecule has 1 aromatic carbocycles. The summed E-state index contributed by atoms with van der Waals surface area (Å²) < 4.78 is 6.78. The molecule has 0 radical (unpaired) electrons. The SMILES string of the molecule is CCOC(=O)c1cnn(-c2ccc(C(C)C)cc2)c1C. The number of esters is 1. The van der Waals surface area contributed by atoms with Crippen molar-refractivity contribution in [3.63, 3.8) is 0 Å². The van der Waals surface area contributed by atoms with Gasteiger partial charge >= 0.3 is 5.97 Å². The summed E-state index contributed by atoms with van der Waals surface area (Å²) in [5.74, 6) is 0.174. The van der Waals surface area contributed by atoms with Gasteiger partial charge in [-0.15, -0.1) is 0 Å². The molecule has 20 heavy (non-hydrogen) atoms. The Morgan fingerprint density at radius 2 is 1.95 bits per heavy atom. The van der Waals surface area contributed by atoms with Crippen molar-refractivity contribution < 1.29 is 9.53 Å². The average molecular weight is 272 g/mol. The Morgan fingerprint density at radius 1 is 1.30 bits per heavy atom. The fraction of sp³-hybridized carbons (Fsp3) is 0.375. The Kier molecular flexibility index (Phi) is 4.23. The zero-order chi connectivity index (χ0) is 14.7. The largest absolute Gasteiger partial charge is 0.462 e. The first kappa shape index (κ1) is 14.3. The molecule has 0 spiro atoms. The Labute approximate surface area is 119 Å². The fourth-order valence-corrected chi connectivity index (χ4v) is 2.08. The molecule has 2 rings (SSSR count). The topological polar surface area (TPSA) is 44.1 Å². The molecule has 0 N–H and O–H groups in total. The lowest BCUT2D eigenvalue weighted by atomic mass is 10.0. The van der Waals surface area contributed by atoms with Gasteiger partial charge in [0.25, 0.3) is 0 Å². The summed E-state index contributed by atoms with van der Waals surface area (Å²) in [6.07, 6.45) is 1.56. The van der Waals surface area contributed by atoms with E-state index in [4.69, 9.17) is 4.74 Å². The molecule has 1 aromatic heterocycles. The predicted molar refractivity (Wildman–Crippen MR) is 78.3 cm³/mol. The highest BCUT2D eigenvalue weighted by Gasteiger charge is 2.15. The van der Waals surface area contributed by atoms with Crippen LogP contribution >= 0.6 is 0 Å². The van der Waals surface area contributed by atoms with E-state index in [0.717, 1.165) is 11.4 Å². The third-order valence-corrected chi connectivity index (χ3v) is 3.31. The maximum absolute atomic E-state index is 11.8. The molecule has 106 valence electrons. The Hall–Kier alpha value is -2.10. The van der Waals surface area contributed by atoms with Gasteiger partial charge in [-0.25, -0.2) is 9.48 Å². The molecule has 1 heterocycles. The summed E-state index contributed by atoms with van der Waals surface area (Å²) in [7, 11) is 0. The number of rotatable bonds is 4. The highest BCUT2D eigenvalue weighted by molar-refractivity contribution is 5.90. The molecule has 0 saturated carbocycles. The minimum absolute atomic E-state index is 0.324. The number of hydrogen-bond donors (Lipinski definition) is 0. The maximum atomic E-state index is 11.8. The van der Waals surface area contributed by atoms with E-state index in [0.29, 0.717) is 18.1 Å². The zero-order valence-corrected chi connectivity index (χ0v) is 12.4. The highest BCUT2D eigenvalue weighted by atomic mass is 16.5. The van der Waals surface area contributed by atoms with E-state index in [1.54, 1.807) is 17.8 Å². The molecule has 0 aliphatic carbocycles. The van der Waals surface area contributed by atoms with Crippen molar-refractivity contribution in [1.82, 2.24) is 9.78 Å². The van der Waals surface area contributed by atoms with E-state index in [-0.39, 0.29) is 5.97 Å². The first-order valence-corrected chi connectivity index (χ1v) is 6.86. The number of benzene rings is 1. The molecule has 0 amide bonds. The van der Waals surface area contributed by atoms with Gasteiger partial charge in [-0.05, 0) is 37.5 Å². The number of nitrogens with zero attached hydrogens (tertiary/aromatic N) is 2. The summed E-state index contributed by atoms with van der Waals surface area (Å²) in [6.45, 7) is 8.35. The van der Waals surface area contributed by atoms with Crippen LogP contribution in [0.25, 0.3) is 5.69 Å². The zero-order valence-electron chi connectivity index (χ0n) is 12.4. The van der Waals surface area contributed by atoms with Gasteiger partial charge < -0.3 is 4.74 Å². The van der Waals surface area contributed by atoms with E-state index >= 15 is 0 Å². The minimum atomic E-state index is -0.324. The van der Waals surface area contributed by atoms with Crippen LogP contribution in [0, 0.1) is 6.92 Å². The lowest BCUT2D eigenvalue weighted by Gasteiger charge is -2.08. The molecule has 0 bridgehead atoms. The molecule has 0 unspecified atom stereocenters. The smallest absolute Gasteiger partial charge is 0.341 e. The van der Waals surface area contributed by atoms with Crippen LogP contribution in [0.3, 0.4) is 0 Å². The molecule has 0 aliphatic rings. The summed E-state index contributed by atoms with van der Waals surface area (Å²) in [5, 5.41) is 4.28. The third-order valence-electron chi connectivity index (χ3n) is 3.31. The van der Waals surface area contributed by atoms with Crippen molar-refractivity contribution in [2.24, 2.45) is 0 Å². The number of carbonyl (C=O) groups is 1. The third kappa shape index (κ3) is 2.74. The van der Waals surface area contributed by atoms with Crippen LogP contribution in [0.4, 0.5) is 0 Å². The number of aromatic nitrogens is 2. The lowest BCUT2D eigenvalue weighted by Crippen LogP contribution is -2.07. The van der Waals surface area contributed by atoms with Crippen LogP contribution < -0.4 is 0 Å². The lowest BCUT2D eigenvalue weighted by molar-refractivity contribution is 0.0525. The maximum Gasteiger partial charge on any atom is 0.341 e. The molecule has 4 heteroatoms. The van der Waals surface area contributed by atoms with Gasteiger partial charge in [0.1, 0.15) is 5.56 Å². The van der Waals surface area contributed by atoms with Crippen LogP contribution in [-0.4, -0.2) is 22.4 Å². The molecule has 0 saturated heterocycles. The number of carbonyl (C=O) groups excluding carboxylic acids is 1. The van der Waals surface area contributed by atoms with Crippen molar-refractivity contribution in [1.29, 1.82) is 0 Å². The first-order valence-electron chi connectivity index (χ1n) is 6.86.